The van der Waals surface area contributed by atoms with Crippen molar-refractivity contribution >= 4 is 33.5 Å². The van der Waals surface area contributed by atoms with Crippen molar-refractivity contribution in [3.63, 3.8) is 0 Å². The number of anilines is 1. The molecule has 0 fully saturated rings. The summed E-state index contributed by atoms with van der Waals surface area (Å²) in [4.78, 5) is 23.7. The van der Waals surface area contributed by atoms with Crippen molar-refractivity contribution in [1.82, 2.24) is 0 Å². The van der Waals surface area contributed by atoms with Crippen LogP contribution in [0.5, 0.6) is 5.75 Å². The Morgan fingerprint density at radius 1 is 1.14 bits per heavy atom. The number of halogens is 1. The van der Waals surface area contributed by atoms with E-state index in [2.05, 4.69) is 21.2 Å². The van der Waals surface area contributed by atoms with E-state index in [1.807, 2.05) is 0 Å². The summed E-state index contributed by atoms with van der Waals surface area (Å²) in [5.41, 5.74) is 0.896. The molecule has 0 saturated carbocycles. The number of rotatable bonds is 5. The number of ether oxygens (including phenoxy) is 2. The molecule has 0 atom stereocenters. The smallest absolute Gasteiger partial charge is 0.338 e. The number of nitrogens with one attached hydrogen (secondary N) is 1. The highest BCUT2D eigenvalue weighted by Crippen LogP contribution is 2.22. The maximum absolute atomic E-state index is 11.8. The summed E-state index contributed by atoms with van der Waals surface area (Å²) in [6, 6.07) is 13.7. The average molecular weight is 364 g/mol. The molecule has 0 spiro atoms. The molecule has 2 rings (SSSR count). The largest absolute Gasteiger partial charge is 0.495 e. The van der Waals surface area contributed by atoms with Crippen LogP contribution in [0.3, 0.4) is 0 Å². The Balaban J connectivity index is 1.91. The summed E-state index contributed by atoms with van der Waals surface area (Å²) in [6.07, 6.45) is 0. The summed E-state index contributed by atoms with van der Waals surface area (Å²) in [6.45, 7) is -0.372. The molecule has 0 radical (unpaired) electrons. The molecule has 2 aromatic rings. The Hall–Kier alpha value is -2.34. The highest BCUT2D eigenvalue weighted by Gasteiger charge is 2.12. The second-order valence-corrected chi connectivity index (χ2v) is 5.25. The predicted octanol–water partition coefficient (Wildman–Crippen LogP) is 3.25. The number of hydrogen-bond acceptors (Lipinski definition) is 4. The van der Waals surface area contributed by atoms with Gasteiger partial charge in [0.25, 0.3) is 5.91 Å². The summed E-state index contributed by atoms with van der Waals surface area (Å²) in [5.74, 6) is -0.460. The standard InChI is InChI=1S/C16H14BrNO4/c1-21-14-8-3-2-7-13(14)18-15(19)10-22-16(20)11-5-4-6-12(17)9-11/h2-9H,10H2,1H3,(H,18,19). The normalized spacial score (nSPS) is 9.91. The molecule has 1 N–H and O–H groups in total. The molecule has 0 aromatic heterocycles. The van der Waals surface area contributed by atoms with Crippen LogP contribution in [0.2, 0.25) is 0 Å². The van der Waals surface area contributed by atoms with Crippen molar-refractivity contribution in [2.75, 3.05) is 19.0 Å². The third-order valence-electron chi connectivity index (χ3n) is 2.78. The first kappa shape index (κ1) is 16.0. The minimum atomic E-state index is -0.559. The van der Waals surface area contributed by atoms with Crippen LogP contribution in [0.25, 0.3) is 0 Å². The van der Waals surface area contributed by atoms with E-state index < -0.39 is 11.9 Å². The zero-order valence-electron chi connectivity index (χ0n) is 11.8. The number of benzene rings is 2. The van der Waals surface area contributed by atoms with Crippen molar-refractivity contribution < 1.29 is 19.1 Å². The van der Waals surface area contributed by atoms with E-state index in [1.54, 1.807) is 48.5 Å². The second kappa shape index (κ2) is 7.61. The second-order valence-electron chi connectivity index (χ2n) is 4.33. The fourth-order valence-electron chi connectivity index (χ4n) is 1.76. The zero-order chi connectivity index (χ0) is 15.9. The third kappa shape index (κ3) is 4.33. The number of amides is 1. The average Bonchev–Trinajstić information content (AvgIpc) is 2.53. The molecular weight excluding hydrogens is 350 g/mol. The summed E-state index contributed by atoms with van der Waals surface area (Å²) < 4.78 is 10.9. The van der Waals surface area contributed by atoms with Crippen LogP contribution in [-0.4, -0.2) is 25.6 Å². The van der Waals surface area contributed by atoms with Gasteiger partial charge in [-0.05, 0) is 30.3 Å². The van der Waals surface area contributed by atoms with Gasteiger partial charge in [0, 0.05) is 4.47 Å². The van der Waals surface area contributed by atoms with E-state index in [1.165, 1.54) is 7.11 Å². The van der Waals surface area contributed by atoms with Gasteiger partial charge in [-0.25, -0.2) is 4.79 Å². The van der Waals surface area contributed by atoms with Crippen molar-refractivity contribution in [3.8, 4) is 5.75 Å². The lowest BCUT2D eigenvalue weighted by molar-refractivity contribution is -0.119. The Kier molecular flexibility index (Phi) is 5.55. The molecule has 0 aliphatic rings. The lowest BCUT2D eigenvalue weighted by Gasteiger charge is -2.10. The van der Waals surface area contributed by atoms with E-state index in [0.29, 0.717) is 17.0 Å². The summed E-state index contributed by atoms with van der Waals surface area (Å²) >= 11 is 3.27. The van der Waals surface area contributed by atoms with E-state index in [-0.39, 0.29) is 6.61 Å². The highest BCUT2D eigenvalue weighted by atomic mass is 79.9. The molecular formula is C16H14BrNO4. The lowest BCUT2D eigenvalue weighted by Crippen LogP contribution is -2.21. The van der Waals surface area contributed by atoms with Gasteiger partial charge in [-0.15, -0.1) is 0 Å². The Labute approximate surface area is 136 Å². The number of para-hydroxylation sites is 2. The Bertz CT molecular complexity index is 687. The molecule has 114 valence electrons. The number of methoxy groups -OCH3 is 1. The number of carbonyl (C=O) groups is 2. The molecule has 0 bridgehead atoms. The molecule has 0 saturated heterocycles. The number of hydrogen-bond donors (Lipinski definition) is 1. The topological polar surface area (TPSA) is 64.6 Å². The van der Waals surface area contributed by atoms with Gasteiger partial charge in [0.15, 0.2) is 6.61 Å². The van der Waals surface area contributed by atoms with Crippen LogP contribution in [0.4, 0.5) is 5.69 Å². The van der Waals surface area contributed by atoms with Gasteiger partial charge < -0.3 is 14.8 Å². The van der Waals surface area contributed by atoms with Crippen molar-refractivity contribution in [1.29, 1.82) is 0 Å². The number of esters is 1. The Morgan fingerprint density at radius 2 is 1.91 bits per heavy atom. The van der Waals surface area contributed by atoms with Gasteiger partial charge in [0.05, 0.1) is 18.4 Å². The van der Waals surface area contributed by atoms with Crippen LogP contribution in [0.15, 0.2) is 53.0 Å². The lowest BCUT2D eigenvalue weighted by atomic mass is 10.2. The van der Waals surface area contributed by atoms with Crippen LogP contribution in [0, 0.1) is 0 Å². The van der Waals surface area contributed by atoms with Gasteiger partial charge in [-0.3, -0.25) is 4.79 Å². The van der Waals surface area contributed by atoms with E-state index in [4.69, 9.17) is 9.47 Å². The first-order chi connectivity index (χ1) is 10.6. The van der Waals surface area contributed by atoms with E-state index >= 15 is 0 Å². The maximum Gasteiger partial charge on any atom is 0.338 e. The van der Waals surface area contributed by atoms with Crippen LogP contribution < -0.4 is 10.1 Å². The molecule has 0 aliphatic carbocycles. The van der Waals surface area contributed by atoms with Gasteiger partial charge in [0.2, 0.25) is 0 Å². The van der Waals surface area contributed by atoms with E-state index in [9.17, 15) is 9.59 Å². The summed E-state index contributed by atoms with van der Waals surface area (Å²) in [5, 5.41) is 2.63. The molecule has 0 aliphatic heterocycles. The highest BCUT2D eigenvalue weighted by molar-refractivity contribution is 9.10. The monoisotopic (exact) mass is 363 g/mol. The Morgan fingerprint density at radius 3 is 2.64 bits per heavy atom. The zero-order valence-corrected chi connectivity index (χ0v) is 13.4. The van der Waals surface area contributed by atoms with Gasteiger partial charge >= 0.3 is 5.97 Å². The molecule has 1 amide bonds. The minimum Gasteiger partial charge on any atom is -0.495 e. The van der Waals surface area contributed by atoms with Gasteiger partial charge in [0.1, 0.15) is 5.75 Å². The number of carbonyl (C=O) groups excluding carboxylic acids is 2. The fraction of sp³-hybridized carbons (Fsp3) is 0.125. The van der Waals surface area contributed by atoms with Crippen molar-refractivity contribution in [3.05, 3.63) is 58.6 Å². The molecule has 2 aromatic carbocycles. The first-order valence-corrected chi connectivity index (χ1v) is 7.25. The van der Waals surface area contributed by atoms with E-state index in [0.717, 1.165) is 4.47 Å². The van der Waals surface area contributed by atoms with Crippen molar-refractivity contribution in [2.45, 2.75) is 0 Å². The fourth-order valence-corrected chi connectivity index (χ4v) is 2.16. The van der Waals surface area contributed by atoms with Gasteiger partial charge in [-0.2, -0.15) is 0 Å². The minimum absolute atomic E-state index is 0.372. The van der Waals surface area contributed by atoms with Crippen LogP contribution in [0.1, 0.15) is 10.4 Å². The van der Waals surface area contributed by atoms with Crippen molar-refractivity contribution in [2.24, 2.45) is 0 Å². The maximum atomic E-state index is 11.8. The quantitative estimate of drug-likeness (QED) is 0.828. The SMILES string of the molecule is COc1ccccc1NC(=O)COC(=O)c1cccc(Br)c1. The predicted molar refractivity (Wildman–Crippen MR) is 86.0 cm³/mol. The molecule has 0 heterocycles. The van der Waals surface area contributed by atoms with Gasteiger partial charge in [-0.1, -0.05) is 34.1 Å². The summed E-state index contributed by atoms with van der Waals surface area (Å²) in [7, 11) is 1.51. The molecule has 22 heavy (non-hydrogen) atoms. The molecule has 5 nitrogen and oxygen atoms in total. The molecule has 6 heteroatoms. The third-order valence-corrected chi connectivity index (χ3v) is 3.27. The van der Waals surface area contributed by atoms with Crippen LogP contribution >= 0.6 is 15.9 Å². The van der Waals surface area contributed by atoms with Crippen LogP contribution in [-0.2, 0) is 9.53 Å². The molecule has 0 unspecified atom stereocenters. The first-order valence-electron chi connectivity index (χ1n) is 6.45.